The minimum atomic E-state index is -0.628. The summed E-state index contributed by atoms with van der Waals surface area (Å²) in [5.41, 5.74) is 1.87. The van der Waals surface area contributed by atoms with Gasteiger partial charge in [-0.2, -0.15) is 0 Å². The number of nitrogens with one attached hydrogen (secondary N) is 1. The molecule has 3 rings (SSSR count). The number of carbonyl (C=O) groups excluding carboxylic acids is 2. The Hall–Kier alpha value is -2.97. The van der Waals surface area contributed by atoms with Crippen molar-refractivity contribution >= 4 is 11.9 Å². The average molecular weight is 406 g/mol. The van der Waals surface area contributed by atoms with Gasteiger partial charge in [-0.15, -0.1) is 0 Å². The summed E-state index contributed by atoms with van der Waals surface area (Å²) in [6.07, 6.45) is 0.504. The maximum absolute atomic E-state index is 13.6. The highest BCUT2D eigenvalue weighted by atomic mass is 19.1. The van der Waals surface area contributed by atoms with Crippen molar-refractivity contribution in [2.24, 2.45) is 0 Å². The Labute approximate surface area is 167 Å². The van der Waals surface area contributed by atoms with Gasteiger partial charge >= 0.3 is 6.03 Å². The van der Waals surface area contributed by atoms with Crippen molar-refractivity contribution in [3.8, 4) is 0 Å². The SMILES string of the molecule is Cc1noc(C)c1CC(=O)N1CCN(C(=O)NCCc2ccc(F)cc2F)CC1. The molecule has 29 heavy (non-hydrogen) atoms. The average Bonchev–Trinajstić information content (AvgIpc) is 3.01. The first-order valence-corrected chi connectivity index (χ1v) is 9.51. The van der Waals surface area contributed by atoms with Crippen molar-refractivity contribution in [1.29, 1.82) is 0 Å². The molecule has 0 spiro atoms. The number of rotatable bonds is 5. The monoisotopic (exact) mass is 406 g/mol. The predicted molar refractivity (Wildman–Crippen MR) is 101 cm³/mol. The van der Waals surface area contributed by atoms with Crippen LogP contribution >= 0.6 is 0 Å². The van der Waals surface area contributed by atoms with E-state index in [4.69, 9.17) is 4.52 Å². The molecule has 0 unspecified atom stereocenters. The fraction of sp³-hybridized carbons (Fsp3) is 0.450. The number of piperazine rings is 1. The highest BCUT2D eigenvalue weighted by molar-refractivity contribution is 5.80. The fourth-order valence-electron chi connectivity index (χ4n) is 3.32. The first kappa shape index (κ1) is 20.8. The van der Waals surface area contributed by atoms with Crippen LogP contribution in [0.5, 0.6) is 0 Å². The zero-order valence-corrected chi connectivity index (χ0v) is 16.5. The van der Waals surface area contributed by atoms with Gasteiger partial charge in [0.05, 0.1) is 12.1 Å². The minimum absolute atomic E-state index is 0.0220. The van der Waals surface area contributed by atoms with E-state index in [-0.39, 0.29) is 31.3 Å². The number of hydrogen-bond donors (Lipinski definition) is 1. The van der Waals surface area contributed by atoms with Crippen LogP contribution in [0.4, 0.5) is 13.6 Å². The maximum Gasteiger partial charge on any atom is 0.317 e. The zero-order chi connectivity index (χ0) is 21.0. The van der Waals surface area contributed by atoms with Crippen LogP contribution in [0.15, 0.2) is 22.7 Å². The second-order valence-corrected chi connectivity index (χ2v) is 7.06. The molecule has 0 saturated carbocycles. The van der Waals surface area contributed by atoms with Gasteiger partial charge in [-0.05, 0) is 31.9 Å². The number of nitrogens with zero attached hydrogens (tertiary/aromatic N) is 3. The Morgan fingerprint density at radius 2 is 1.83 bits per heavy atom. The lowest BCUT2D eigenvalue weighted by Crippen LogP contribution is -2.53. The summed E-state index contributed by atoms with van der Waals surface area (Å²) in [6, 6.07) is 3.14. The van der Waals surface area contributed by atoms with Crippen molar-refractivity contribution in [2.75, 3.05) is 32.7 Å². The Morgan fingerprint density at radius 1 is 1.14 bits per heavy atom. The summed E-state index contributed by atoms with van der Waals surface area (Å²) >= 11 is 0. The molecular weight excluding hydrogens is 382 g/mol. The standard InChI is InChI=1S/C20H24F2N4O3/c1-13-17(14(2)29-24-13)12-19(27)25-7-9-26(10-8-25)20(28)23-6-5-15-3-4-16(21)11-18(15)22/h3-4,11H,5-10,12H2,1-2H3,(H,23,28). The summed E-state index contributed by atoms with van der Waals surface area (Å²) in [7, 11) is 0. The minimum Gasteiger partial charge on any atom is -0.361 e. The third kappa shape index (κ3) is 5.10. The Bertz CT molecular complexity index is 872. The van der Waals surface area contributed by atoms with E-state index >= 15 is 0 Å². The number of amides is 3. The van der Waals surface area contributed by atoms with Gasteiger partial charge in [0.1, 0.15) is 17.4 Å². The summed E-state index contributed by atoms with van der Waals surface area (Å²) in [6.45, 7) is 5.56. The van der Waals surface area contributed by atoms with Crippen LogP contribution in [-0.2, 0) is 17.6 Å². The molecule has 0 radical (unpaired) electrons. The molecule has 1 aliphatic heterocycles. The van der Waals surface area contributed by atoms with Crippen LogP contribution in [-0.4, -0.2) is 59.6 Å². The van der Waals surface area contributed by atoms with Gasteiger partial charge in [-0.3, -0.25) is 4.79 Å². The molecule has 3 amide bonds. The van der Waals surface area contributed by atoms with Gasteiger partial charge in [0.2, 0.25) is 5.91 Å². The molecule has 2 heterocycles. The van der Waals surface area contributed by atoms with Crippen LogP contribution in [0, 0.1) is 25.5 Å². The van der Waals surface area contributed by atoms with Crippen LogP contribution in [0.25, 0.3) is 0 Å². The van der Waals surface area contributed by atoms with Crippen LogP contribution in [0.1, 0.15) is 22.6 Å². The largest absolute Gasteiger partial charge is 0.361 e. The predicted octanol–water partition coefficient (Wildman–Crippen LogP) is 2.21. The number of benzene rings is 1. The molecule has 1 N–H and O–H groups in total. The van der Waals surface area contributed by atoms with E-state index < -0.39 is 11.6 Å². The second-order valence-electron chi connectivity index (χ2n) is 7.06. The van der Waals surface area contributed by atoms with Crippen molar-refractivity contribution in [3.05, 3.63) is 52.4 Å². The molecule has 0 bridgehead atoms. The van der Waals surface area contributed by atoms with Crippen LogP contribution in [0.3, 0.4) is 0 Å². The summed E-state index contributed by atoms with van der Waals surface area (Å²) in [5.74, 6) is -0.626. The third-order valence-corrected chi connectivity index (χ3v) is 5.11. The van der Waals surface area contributed by atoms with Gasteiger partial charge in [-0.1, -0.05) is 11.2 Å². The molecule has 9 heteroatoms. The molecule has 1 fully saturated rings. The number of aromatic nitrogens is 1. The Morgan fingerprint density at radius 3 is 2.45 bits per heavy atom. The first-order valence-electron chi connectivity index (χ1n) is 9.51. The Kier molecular flexibility index (Phi) is 6.46. The molecule has 7 nitrogen and oxygen atoms in total. The number of urea groups is 1. The zero-order valence-electron chi connectivity index (χ0n) is 16.5. The molecule has 1 saturated heterocycles. The van der Waals surface area contributed by atoms with Gasteiger partial charge < -0.3 is 19.6 Å². The summed E-state index contributed by atoms with van der Waals surface area (Å²) in [5, 5.41) is 6.60. The number of aryl methyl sites for hydroxylation is 2. The van der Waals surface area contributed by atoms with E-state index in [1.165, 1.54) is 12.1 Å². The molecule has 156 valence electrons. The van der Waals surface area contributed by atoms with E-state index in [0.29, 0.717) is 43.2 Å². The van der Waals surface area contributed by atoms with E-state index in [1.807, 2.05) is 0 Å². The van der Waals surface area contributed by atoms with Crippen molar-refractivity contribution in [1.82, 2.24) is 20.3 Å². The number of hydrogen-bond acceptors (Lipinski definition) is 4. The molecule has 1 aromatic heterocycles. The lowest BCUT2D eigenvalue weighted by molar-refractivity contribution is -0.131. The fourth-order valence-corrected chi connectivity index (χ4v) is 3.32. The van der Waals surface area contributed by atoms with Crippen LogP contribution < -0.4 is 5.32 Å². The normalized spacial score (nSPS) is 14.2. The van der Waals surface area contributed by atoms with Crippen molar-refractivity contribution in [2.45, 2.75) is 26.7 Å². The van der Waals surface area contributed by atoms with E-state index in [9.17, 15) is 18.4 Å². The quantitative estimate of drug-likeness (QED) is 0.826. The third-order valence-electron chi connectivity index (χ3n) is 5.11. The van der Waals surface area contributed by atoms with Crippen molar-refractivity contribution in [3.63, 3.8) is 0 Å². The van der Waals surface area contributed by atoms with E-state index in [1.54, 1.807) is 23.6 Å². The summed E-state index contributed by atoms with van der Waals surface area (Å²) < 4.78 is 31.6. The second kappa shape index (κ2) is 9.02. The molecule has 1 aromatic carbocycles. The highest BCUT2D eigenvalue weighted by Crippen LogP contribution is 2.15. The lowest BCUT2D eigenvalue weighted by Gasteiger charge is -2.34. The van der Waals surface area contributed by atoms with Gasteiger partial charge in [0, 0.05) is 44.4 Å². The van der Waals surface area contributed by atoms with E-state index in [2.05, 4.69) is 10.5 Å². The van der Waals surface area contributed by atoms with Gasteiger partial charge in [-0.25, -0.2) is 13.6 Å². The number of carbonyl (C=O) groups is 2. The maximum atomic E-state index is 13.6. The molecule has 0 aliphatic carbocycles. The molecule has 1 aliphatic rings. The molecule has 2 aromatic rings. The van der Waals surface area contributed by atoms with Gasteiger partial charge in [0.15, 0.2) is 0 Å². The van der Waals surface area contributed by atoms with E-state index in [0.717, 1.165) is 11.6 Å². The smallest absolute Gasteiger partial charge is 0.317 e. The highest BCUT2D eigenvalue weighted by Gasteiger charge is 2.25. The lowest BCUT2D eigenvalue weighted by atomic mass is 10.1. The topological polar surface area (TPSA) is 78.7 Å². The van der Waals surface area contributed by atoms with Gasteiger partial charge in [0.25, 0.3) is 0 Å². The number of halogens is 2. The van der Waals surface area contributed by atoms with Crippen LogP contribution in [0.2, 0.25) is 0 Å². The first-order chi connectivity index (χ1) is 13.8. The summed E-state index contributed by atoms with van der Waals surface area (Å²) in [4.78, 5) is 28.1. The molecule has 0 atom stereocenters. The Balaban J connectivity index is 1.42. The van der Waals surface area contributed by atoms with Crippen molar-refractivity contribution < 1.29 is 22.9 Å². The molecular formula is C20H24F2N4O3.